The molecule has 0 aliphatic rings. The maximum atomic E-state index is 10.4. The first-order valence-corrected chi connectivity index (χ1v) is 13.4. The highest BCUT2D eigenvalue weighted by molar-refractivity contribution is 5.72. The maximum Gasteiger partial charge on any atom is 0.123 e. The third-order valence-electron chi connectivity index (χ3n) is 6.34. The highest BCUT2D eigenvalue weighted by Crippen LogP contribution is 2.34. The zero-order valence-corrected chi connectivity index (χ0v) is 23.2. The summed E-state index contributed by atoms with van der Waals surface area (Å²) in [5, 5.41) is 10.4. The van der Waals surface area contributed by atoms with Gasteiger partial charge in [-0.05, 0) is 60.2 Å². The zero-order valence-electron chi connectivity index (χ0n) is 21.6. The summed E-state index contributed by atoms with van der Waals surface area (Å²) in [6, 6.07) is 12.2. The van der Waals surface area contributed by atoms with Crippen LogP contribution in [0.25, 0.3) is 11.1 Å². The lowest BCUT2D eigenvalue weighted by Gasteiger charge is -2.14. The highest BCUT2D eigenvalue weighted by atomic mass is 79.9. The van der Waals surface area contributed by atoms with Crippen LogP contribution >= 0.6 is 0 Å². The van der Waals surface area contributed by atoms with Gasteiger partial charge in [0.05, 0.1) is 6.61 Å². The largest absolute Gasteiger partial charge is 1.00 e. The van der Waals surface area contributed by atoms with Crippen molar-refractivity contribution in [1.82, 2.24) is 0 Å². The Morgan fingerprint density at radius 3 is 2.06 bits per heavy atom. The van der Waals surface area contributed by atoms with E-state index in [1.807, 2.05) is 18.2 Å². The fraction of sp³-hybridized carbons (Fsp3) is 0.548. The number of benzene rings is 2. The molecule has 2 nitrogen and oxygen atoms in total. The Hall–Kier alpha value is -1.74. The van der Waals surface area contributed by atoms with E-state index < -0.39 is 0 Å². The van der Waals surface area contributed by atoms with Crippen molar-refractivity contribution >= 4 is 0 Å². The van der Waals surface area contributed by atoms with E-state index in [4.69, 9.17) is 4.74 Å². The Labute approximate surface area is 219 Å². The first-order chi connectivity index (χ1) is 16.2. The maximum absolute atomic E-state index is 10.4. The molecule has 0 amide bonds. The van der Waals surface area contributed by atoms with E-state index >= 15 is 0 Å². The molecule has 1 N–H and O–H groups in total. The first kappa shape index (κ1) is 30.3. The van der Waals surface area contributed by atoms with E-state index in [-0.39, 0.29) is 17.0 Å². The van der Waals surface area contributed by atoms with Crippen molar-refractivity contribution in [2.24, 2.45) is 0 Å². The van der Waals surface area contributed by atoms with Crippen molar-refractivity contribution in [2.75, 3.05) is 6.61 Å². The number of phenols is 1. The van der Waals surface area contributed by atoms with Crippen LogP contribution in [0, 0.1) is 0 Å². The van der Waals surface area contributed by atoms with Gasteiger partial charge in [-0.3, -0.25) is 0 Å². The molecule has 0 radical (unpaired) electrons. The van der Waals surface area contributed by atoms with E-state index in [1.54, 1.807) is 0 Å². The number of aromatic hydroxyl groups is 1. The summed E-state index contributed by atoms with van der Waals surface area (Å²) in [7, 11) is 0. The van der Waals surface area contributed by atoms with Crippen molar-refractivity contribution in [3.63, 3.8) is 0 Å². The number of rotatable bonds is 18. The van der Waals surface area contributed by atoms with E-state index in [9.17, 15) is 5.11 Å². The molecule has 3 heteroatoms. The van der Waals surface area contributed by atoms with Crippen molar-refractivity contribution in [1.29, 1.82) is 0 Å². The summed E-state index contributed by atoms with van der Waals surface area (Å²) >= 11 is 0. The molecule has 0 aromatic heterocycles. The lowest BCUT2D eigenvalue weighted by Crippen LogP contribution is -3.00. The smallest absolute Gasteiger partial charge is 0.123 e. The summed E-state index contributed by atoms with van der Waals surface area (Å²) < 4.78 is 6.15. The molecule has 0 aliphatic carbocycles. The molecule has 190 valence electrons. The van der Waals surface area contributed by atoms with E-state index in [0.717, 1.165) is 54.7 Å². The van der Waals surface area contributed by atoms with Gasteiger partial charge in [0, 0.05) is 5.56 Å². The summed E-state index contributed by atoms with van der Waals surface area (Å²) in [6.45, 7) is 9.13. The highest BCUT2D eigenvalue weighted by Gasteiger charge is 2.10. The SMILES string of the molecule is C=CCc1cc(-c2cc(CCC)ccc2O)ccc1OCCCCCCCCCCCCC.[Br-]. The Bertz CT molecular complexity index is 815. The summed E-state index contributed by atoms with van der Waals surface area (Å²) in [6.07, 6.45) is 19.5. The molecule has 0 bridgehead atoms. The topological polar surface area (TPSA) is 29.5 Å². The van der Waals surface area contributed by atoms with Crippen LogP contribution in [0.5, 0.6) is 11.5 Å². The van der Waals surface area contributed by atoms with Gasteiger partial charge in [-0.2, -0.15) is 0 Å². The van der Waals surface area contributed by atoms with Gasteiger partial charge in [-0.25, -0.2) is 0 Å². The molecule has 0 unspecified atom stereocenters. The second-order valence-corrected chi connectivity index (χ2v) is 9.30. The fourth-order valence-corrected chi connectivity index (χ4v) is 4.41. The predicted octanol–water partition coefficient (Wildman–Crippen LogP) is 6.43. The lowest BCUT2D eigenvalue weighted by molar-refractivity contribution is -0.00000841. The van der Waals surface area contributed by atoms with Crippen LogP contribution in [-0.4, -0.2) is 11.7 Å². The molecule has 0 spiro atoms. The van der Waals surface area contributed by atoms with E-state index in [1.165, 1.54) is 69.8 Å². The van der Waals surface area contributed by atoms with Crippen LogP contribution < -0.4 is 21.7 Å². The molecule has 0 saturated carbocycles. The molecule has 0 atom stereocenters. The Morgan fingerprint density at radius 1 is 0.794 bits per heavy atom. The molecule has 2 aromatic carbocycles. The van der Waals surface area contributed by atoms with Crippen molar-refractivity contribution < 1.29 is 26.8 Å². The Kier molecular flexibility index (Phi) is 16.5. The minimum atomic E-state index is 0. The molecular formula is C31H46BrO2-. The predicted molar refractivity (Wildman–Crippen MR) is 143 cm³/mol. The minimum Gasteiger partial charge on any atom is -1.00 e. The van der Waals surface area contributed by atoms with Crippen LogP contribution in [0.2, 0.25) is 0 Å². The molecule has 0 heterocycles. The molecule has 2 aromatic rings. The van der Waals surface area contributed by atoms with Crippen LogP contribution in [0.1, 0.15) is 102 Å². The third-order valence-corrected chi connectivity index (χ3v) is 6.34. The number of aryl methyl sites for hydroxylation is 1. The van der Waals surface area contributed by atoms with Gasteiger partial charge in [0.2, 0.25) is 0 Å². The van der Waals surface area contributed by atoms with E-state index in [0.29, 0.717) is 5.75 Å². The first-order valence-electron chi connectivity index (χ1n) is 13.4. The number of halogens is 1. The number of phenolic OH excluding ortho intramolecular Hbond substituents is 1. The molecule has 34 heavy (non-hydrogen) atoms. The third kappa shape index (κ3) is 11.1. The van der Waals surface area contributed by atoms with Gasteiger partial charge in [-0.15, -0.1) is 6.58 Å². The van der Waals surface area contributed by atoms with Crippen molar-refractivity contribution in [3.05, 3.63) is 60.2 Å². The van der Waals surface area contributed by atoms with E-state index in [2.05, 4.69) is 44.7 Å². The molecule has 0 fully saturated rings. The monoisotopic (exact) mass is 529 g/mol. The fourth-order valence-electron chi connectivity index (χ4n) is 4.41. The van der Waals surface area contributed by atoms with Crippen LogP contribution in [0.4, 0.5) is 0 Å². The zero-order chi connectivity index (χ0) is 23.7. The quantitative estimate of drug-likeness (QED) is 0.178. The van der Waals surface area contributed by atoms with Gasteiger partial charge in [0.25, 0.3) is 0 Å². The average Bonchev–Trinajstić information content (AvgIpc) is 2.82. The molecule has 0 aliphatic heterocycles. The van der Waals surface area contributed by atoms with Gasteiger partial charge in [-0.1, -0.05) is 103 Å². The standard InChI is InChI=1S/C31H46O2.BrH/c1-4-7-8-9-10-11-12-13-14-15-16-23-33-31-22-20-27(25-28(31)18-6-3)29-24-26(17-5-2)19-21-30(29)32;/h6,19-22,24-25,32H,3-5,7-18,23H2,1-2H3;1H/p-1. The van der Waals surface area contributed by atoms with Crippen molar-refractivity contribution in [3.8, 4) is 22.6 Å². The summed E-state index contributed by atoms with van der Waals surface area (Å²) in [5.74, 6) is 1.27. The van der Waals surface area contributed by atoms with Crippen molar-refractivity contribution in [2.45, 2.75) is 104 Å². The number of allylic oxidation sites excluding steroid dienone is 1. The average molecular weight is 531 g/mol. The van der Waals surface area contributed by atoms with Gasteiger partial charge >= 0.3 is 0 Å². The van der Waals surface area contributed by atoms with Crippen LogP contribution in [0.3, 0.4) is 0 Å². The second-order valence-electron chi connectivity index (χ2n) is 9.30. The van der Waals surface area contributed by atoms with Crippen LogP contribution in [0.15, 0.2) is 49.1 Å². The number of hydrogen-bond acceptors (Lipinski definition) is 2. The van der Waals surface area contributed by atoms with Gasteiger partial charge in [0.1, 0.15) is 11.5 Å². The number of ether oxygens (including phenoxy) is 1. The lowest BCUT2D eigenvalue weighted by atomic mass is 9.97. The van der Waals surface area contributed by atoms with Gasteiger partial charge < -0.3 is 26.8 Å². The Morgan fingerprint density at radius 2 is 1.44 bits per heavy atom. The molecule has 2 rings (SSSR count). The molecular weight excluding hydrogens is 484 g/mol. The number of unbranched alkanes of at least 4 members (excludes halogenated alkanes) is 10. The van der Waals surface area contributed by atoms with Crippen LogP contribution in [-0.2, 0) is 12.8 Å². The normalized spacial score (nSPS) is 10.6. The van der Waals surface area contributed by atoms with Gasteiger partial charge in [0.15, 0.2) is 0 Å². The second kappa shape index (κ2) is 18.6. The minimum absolute atomic E-state index is 0. The number of hydrogen-bond donors (Lipinski definition) is 1. The summed E-state index contributed by atoms with van der Waals surface area (Å²) in [5.41, 5.74) is 4.31. The summed E-state index contributed by atoms with van der Waals surface area (Å²) in [4.78, 5) is 0. The molecule has 0 saturated heterocycles. The Balaban J connectivity index is 0.00000578.